The van der Waals surface area contributed by atoms with Gasteiger partial charge in [0.25, 0.3) is 0 Å². The monoisotopic (exact) mass is 490 g/mol. The summed E-state index contributed by atoms with van der Waals surface area (Å²) in [7, 11) is 0. The topological polar surface area (TPSA) is 76.7 Å². The predicted octanol–water partition coefficient (Wildman–Crippen LogP) is 8.25. The van der Waals surface area contributed by atoms with Crippen molar-refractivity contribution >= 4 is 23.6 Å². The van der Waals surface area contributed by atoms with E-state index in [1.54, 1.807) is 0 Å². The van der Waals surface area contributed by atoms with Gasteiger partial charge in [-0.3, -0.25) is 10.6 Å². The summed E-state index contributed by atoms with van der Waals surface area (Å²) in [5.74, 6) is 0. The molecule has 36 heavy (non-hydrogen) atoms. The van der Waals surface area contributed by atoms with Crippen molar-refractivity contribution in [3.05, 3.63) is 85.0 Å². The fourth-order valence-electron chi connectivity index (χ4n) is 4.11. The lowest BCUT2D eigenvalue weighted by molar-refractivity contribution is 0.0984. The van der Waals surface area contributed by atoms with Crippen molar-refractivity contribution < 1.29 is 19.1 Å². The largest absolute Gasteiger partial charge is 0.446 e. The second-order valence-electron chi connectivity index (χ2n) is 9.01. The average Bonchev–Trinajstić information content (AvgIpc) is 2.84. The minimum Gasteiger partial charge on any atom is -0.446 e. The van der Waals surface area contributed by atoms with Gasteiger partial charge in [-0.15, -0.1) is 0 Å². The van der Waals surface area contributed by atoms with E-state index in [2.05, 4.69) is 34.9 Å². The first-order valence-electron chi connectivity index (χ1n) is 13.0. The Kier molecular flexibility index (Phi) is 12.2. The number of carbonyl (C=O) groups excluding carboxylic acids is 2. The maximum absolute atomic E-state index is 11.7. The third-order valence-electron chi connectivity index (χ3n) is 6.02. The molecule has 2 aliphatic carbocycles. The zero-order valence-electron chi connectivity index (χ0n) is 20.9. The number of allylic oxidation sites excluding steroid dienone is 3. The van der Waals surface area contributed by atoms with Gasteiger partial charge in [-0.1, -0.05) is 60.7 Å². The Morgan fingerprint density at radius 1 is 0.583 bits per heavy atom. The fourth-order valence-corrected chi connectivity index (χ4v) is 4.11. The number of benzene rings is 2. The zero-order chi connectivity index (χ0) is 25.3. The Bertz CT molecular complexity index is 959. The summed E-state index contributed by atoms with van der Waals surface area (Å²) in [6.07, 6.45) is 18.2. The number of amides is 2. The summed E-state index contributed by atoms with van der Waals surface area (Å²) in [5, 5.41) is 5.49. The van der Waals surface area contributed by atoms with Gasteiger partial charge in [0.1, 0.15) is 12.2 Å². The molecule has 0 heterocycles. The molecule has 4 rings (SSSR count). The third-order valence-corrected chi connectivity index (χ3v) is 6.02. The van der Waals surface area contributed by atoms with Crippen molar-refractivity contribution in [3.63, 3.8) is 0 Å². The van der Waals surface area contributed by atoms with Crippen LogP contribution in [0.15, 0.2) is 85.0 Å². The van der Waals surface area contributed by atoms with Crippen molar-refractivity contribution in [1.82, 2.24) is 0 Å². The molecule has 2 amide bonds. The highest BCUT2D eigenvalue weighted by atomic mass is 16.6. The van der Waals surface area contributed by atoms with E-state index >= 15 is 0 Å². The number of anilines is 2. The van der Waals surface area contributed by atoms with Gasteiger partial charge < -0.3 is 9.47 Å². The van der Waals surface area contributed by atoms with Crippen LogP contribution in [0.2, 0.25) is 0 Å². The average molecular weight is 491 g/mol. The number of para-hydroxylation sites is 2. The molecule has 2 aliphatic rings. The number of ether oxygens (including phenoxy) is 2. The highest BCUT2D eigenvalue weighted by molar-refractivity contribution is 5.85. The first-order valence-corrected chi connectivity index (χ1v) is 13.0. The molecule has 0 fully saturated rings. The third kappa shape index (κ3) is 11.3. The van der Waals surface area contributed by atoms with Crippen molar-refractivity contribution in [2.75, 3.05) is 10.6 Å². The molecular formula is C30H38N2O4. The van der Waals surface area contributed by atoms with Gasteiger partial charge in [0.15, 0.2) is 0 Å². The van der Waals surface area contributed by atoms with E-state index in [-0.39, 0.29) is 24.4 Å². The first-order chi connectivity index (χ1) is 17.7. The SMILES string of the molecule is O=C(Nc1ccccc1)OC1C/C=C\CCCC1.O=C(Nc1ccccc1)OC1CC/C=C\CCC1. The first kappa shape index (κ1) is 27.1. The lowest BCUT2D eigenvalue weighted by Gasteiger charge is -2.18. The standard InChI is InChI=1S/2C15H19NO2/c2*17-15(16-13-9-5-4-6-10-13)18-14-11-7-2-1-3-8-12-14/h2,4-7,9-10,14H,1,3,8,11-12H2,(H,16,17);1-2,4-6,9-10,14H,3,7-8,11-12H2,(H,16,17)/b7-2-;2-1-. The highest BCUT2D eigenvalue weighted by Crippen LogP contribution is 2.17. The Hall–Kier alpha value is -3.54. The minimum absolute atomic E-state index is 0.00487. The Morgan fingerprint density at radius 2 is 1.11 bits per heavy atom. The fraction of sp³-hybridized carbons (Fsp3) is 0.400. The molecule has 0 aromatic heterocycles. The molecule has 2 atom stereocenters. The van der Waals surface area contributed by atoms with Crippen molar-refractivity contribution in [2.24, 2.45) is 0 Å². The van der Waals surface area contributed by atoms with Gasteiger partial charge in [-0.2, -0.15) is 0 Å². The summed E-state index contributed by atoms with van der Waals surface area (Å²) in [4.78, 5) is 23.4. The van der Waals surface area contributed by atoms with Crippen LogP contribution in [0.1, 0.15) is 64.2 Å². The smallest absolute Gasteiger partial charge is 0.411 e. The molecule has 0 saturated heterocycles. The van der Waals surface area contributed by atoms with E-state index < -0.39 is 0 Å². The van der Waals surface area contributed by atoms with Gasteiger partial charge >= 0.3 is 12.2 Å². The summed E-state index contributed by atoms with van der Waals surface area (Å²) >= 11 is 0. The summed E-state index contributed by atoms with van der Waals surface area (Å²) < 4.78 is 10.9. The van der Waals surface area contributed by atoms with E-state index in [1.807, 2.05) is 60.7 Å². The van der Waals surface area contributed by atoms with Crippen LogP contribution in [0.4, 0.5) is 21.0 Å². The number of hydrogen-bond acceptors (Lipinski definition) is 4. The van der Waals surface area contributed by atoms with Gasteiger partial charge in [-0.05, 0) is 82.1 Å². The van der Waals surface area contributed by atoms with Gasteiger partial charge in [0.05, 0.1) is 0 Å². The lowest BCUT2D eigenvalue weighted by atomic mass is 10.0. The zero-order valence-corrected chi connectivity index (χ0v) is 20.9. The van der Waals surface area contributed by atoms with Gasteiger partial charge in [0.2, 0.25) is 0 Å². The molecule has 6 nitrogen and oxygen atoms in total. The molecule has 2 N–H and O–H groups in total. The van der Waals surface area contributed by atoms with Gasteiger partial charge in [0, 0.05) is 17.8 Å². The summed E-state index contributed by atoms with van der Waals surface area (Å²) in [5.41, 5.74) is 1.54. The van der Waals surface area contributed by atoms with Crippen LogP contribution in [0.5, 0.6) is 0 Å². The Labute approximate surface area is 214 Å². The number of carbonyl (C=O) groups is 2. The van der Waals surface area contributed by atoms with Gasteiger partial charge in [-0.25, -0.2) is 9.59 Å². The van der Waals surface area contributed by atoms with Crippen LogP contribution in [0.25, 0.3) is 0 Å². The molecule has 6 heteroatoms. The second-order valence-corrected chi connectivity index (χ2v) is 9.01. The van der Waals surface area contributed by atoms with Crippen LogP contribution in [-0.2, 0) is 9.47 Å². The number of rotatable bonds is 4. The molecule has 2 aromatic rings. The molecule has 0 aliphatic heterocycles. The van der Waals surface area contributed by atoms with Crippen LogP contribution in [0.3, 0.4) is 0 Å². The van der Waals surface area contributed by atoms with E-state index in [0.717, 1.165) is 69.2 Å². The molecule has 0 saturated carbocycles. The number of nitrogens with one attached hydrogen (secondary N) is 2. The normalized spacial score (nSPS) is 21.4. The molecule has 192 valence electrons. The van der Waals surface area contributed by atoms with Crippen LogP contribution < -0.4 is 10.6 Å². The highest BCUT2D eigenvalue weighted by Gasteiger charge is 2.15. The minimum atomic E-state index is -0.361. The molecule has 0 radical (unpaired) electrons. The number of hydrogen-bond donors (Lipinski definition) is 2. The Balaban J connectivity index is 0.000000201. The quantitative estimate of drug-likeness (QED) is 0.423. The molecule has 0 bridgehead atoms. The maximum Gasteiger partial charge on any atom is 0.411 e. The molecular weight excluding hydrogens is 452 g/mol. The molecule has 0 spiro atoms. The van der Waals surface area contributed by atoms with Crippen LogP contribution >= 0.6 is 0 Å². The van der Waals surface area contributed by atoms with Crippen molar-refractivity contribution in [2.45, 2.75) is 76.4 Å². The van der Waals surface area contributed by atoms with Crippen molar-refractivity contribution in [1.29, 1.82) is 0 Å². The molecule has 2 unspecified atom stereocenters. The summed E-state index contributed by atoms with van der Waals surface area (Å²) in [6, 6.07) is 18.8. The van der Waals surface area contributed by atoms with Crippen LogP contribution in [-0.4, -0.2) is 24.4 Å². The van der Waals surface area contributed by atoms with E-state index in [0.29, 0.717) is 0 Å². The lowest BCUT2D eigenvalue weighted by Crippen LogP contribution is -2.22. The second kappa shape index (κ2) is 16.2. The van der Waals surface area contributed by atoms with E-state index in [9.17, 15) is 9.59 Å². The van der Waals surface area contributed by atoms with Crippen LogP contribution in [0, 0.1) is 0 Å². The predicted molar refractivity (Wildman–Crippen MR) is 145 cm³/mol. The summed E-state index contributed by atoms with van der Waals surface area (Å²) in [6.45, 7) is 0. The van der Waals surface area contributed by atoms with Crippen molar-refractivity contribution in [3.8, 4) is 0 Å². The maximum atomic E-state index is 11.7. The van der Waals surface area contributed by atoms with E-state index in [4.69, 9.17) is 9.47 Å². The molecule has 2 aromatic carbocycles. The Morgan fingerprint density at radius 3 is 1.78 bits per heavy atom. The van der Waals surface area contributed by atoms with E-state index in [1.165, 1.54) is 6.42 Å².